The molecule has 3 aromatic rings. The summed E-state index contributed by atoms with van der Waals surface area (Å²) in [6.45, 7) is 3.02. The highest BCUT2D eigenvalue weighted by Crippen LogP contribution is 2.33. The Kier molecular flexibility index (Phi) is 7.54. The van der Waals surface area contributed by atoms with Crippen LogP contribution in [0.2, 0.25) is 0 Å². The zero-order chi connectivity index (χ0) is 19.6. The van der Waals surface area contributed by atoms with E-state index in [9.17, 15) is 0 Å². The number of unbranched alkanes of at least 4 members (excludes halogenated alkanes) is 3. The van der Waals surface area contributed by atoms with E-state index in [0.29, 0.717) is 0 Å². The van der Waals surface area contributed by atoms with Crippen molar-refractivity contribution in [1.29, 1.82) is 0 Å². The predicted octanol–water partition coefficient (Wildman–Crippen LogP) is 6.83. The minimum absolute atomic E-state index is 0.186. The predicted molar refractivity (Wildman–Crippen MR) is 116 cm³/mol. The van der Waals surface area contributed by atoms with Crippen molar-refractivity contribution in [3.8, 4) is 11.5 Å². The quantitative estimate of drug-likeness (QED) is 0.286. The third-order valence-electron chi connectivity index (χ3n) is 5.06. The van der Waals surface area contributed by atoms with Gasteiger partial charge >= 0.3 is 0 Å². The van der Waals surface area contributed by atoms with E-state index in [1.54, 1.807) is 7.11 Å². The van der Waals surface area contributed by atoms with Gasteiger partial charge in [0.05, 0.1) is 13.7 Å². The van der Waals surface area contributed by atoms with Crippen LogP contribution in [0.1, 0.15) is 55.2 Å². The number of hydrogen-bond acceptors (Lipinski definition) is 2. The van der Waals surface area contributed by atoms with E-state index < -0.39 is 0 Å². The summed E-state index contributed by atoms with van der Waals surface area (Å²) in [4.78, 5) is 0. The lowest BCUT2D eigenvalue weighted by Crippen LogP contribution is -2.04. The van der Waals surface area contributed by atoms with Gasteiger partial charge in [0.1, 0.15) is 11.5 Å². The fourth-order valence-electron chi connectivity index (χ4n) is 3.49. The first-order valence-electron chi connectivity index (χ1n) is 10.2. The van der Waals surface area contributed by atoms with Gasteiger partial charge in [-0.1, -0.05) is 80.8 Å². The lowest BCUT2D eigenvalue weighted by Gasteiger charge is -2.19. The molecule has 0 heterocycles. The molecule has 0 spiro atoms. The molecule has 0 amide bonds. The monoisotopic (exact) mass is 374 g/mol. The molecule has 0 saturated carbocycles. The van der Waals surface area contributed by atoms with E-state index in [-0.39, 0.29) is 5.92 Å². The summed E-state index contributed by atoms with van der Waals surface area (Å²) in [5, 5.41) is 0. The van der Waals surface area contributed by atoms with Gasteiger partial charge in [0.25, 0.3) is 0 Å². The van der Waals surface area contributed by atoms with E-state index in [2.05, 4.69) is 73.7 Å². The first kappa shape index (κ1) is 20.0. The molecule has 0 saturated heterocycles. The normalized spacial score (nSPS) is 11.8. The van der Waals surface area contributed by atoms with Gasteiger partial charge in [-0.05, 0) is 47.4 Å². The Morgan fingerprint density at radius 2 is 1.21 bits per heavy atom. The summed E-state index contributed by atoms with van der Waals surface area (Å²) >= 11 is 0. The first-order chi connectivity index (χ1) is 13.8. The number of ether oxygens (including phenoxy) is 2. The Balaban J connectivity index is 1.78. The van der Waals surface area contributed by atoms with Crippen LogP contribution in [-0.2, 0) is 0 Å². The largest absolute Gasteiger partial charge is 0.497 e. The standard InChI is InChI=1S/C26H30O2/c1-3-4-5-9-20-28-25-18-14-23(15-19-25)26(21-10-7-6-8-11-21)22-12-16-24(27-2)17-13-22/h6-8,10-19,26H,3-5,9,20H2,1-2H3. The van der Waals surface area contributed by atoms with Crippen LogP contribution < -0.4 is 9.47 Å². The maximum absolute atomic E-state index is 5.91. The van der Waals surface area contributed by atoms with Gasteiger partial charge in [-0.15, -0.1) is 0 Å². The lowest BCUT2D eigenvalue weighted by molar-refractivity contribution is 0.305. The van der Waals surface area contributed by atoms with E-state index in [1.165, 1.54) is 36.0 Å². The Labute approximate surface area is 169 Å². The number of rotatable bonds is 10. The van der Waals surface area contributed by atoms with Crippen LogP contribution in [0.15, 0.2) is 78.9 Å². The third kappa shape index (κ3) is 5.39. The summed E-state index contributed by atoms with van der Waals surface area (Å²) in [6.07, 6.45) is 4.89. The van der Waals surface area contributed by atoms with Crippen molar-refractivity contribution in [3.63, 3.8) is 0 Å². The summed E-state index contributed by atoms with van der Waals surface area (Å²) in [7, 11) is 1.70. The van der Waals surface area contributed by atoms with Crippen LogP contribution in [0.5, 0.6) is 11.5 Å². The summed E-state index contributed by atoms with van der Waals surface area (Å²) in [5.74, 6) is 2.01. The molecule has 0 radical (unpaired) electrons. The first-order valence-corrected chi connectivity index (χ1v) is 10.2. The van der Waals surface area contributed by atoms with Crippen LogP contribution in [-0.4, -0.2) is 13.7 Å². The van der Waals surface area contributed by atoms with Crippen molar-refractivity contribution in [2.45, 2.75) is 38.5 Å². The zero-order valence-electron chi connectivity index (χ0n) is 16.9. The smallest absolute Gasteiger partial charge is 0.119 e. The second-order valence-electron chi connectivity index (χ2n) is 7.10. The summed E-state index contributed by atoms with van der Waals surface area (Å²) in [5.41, 5.74) is 3.79. The van der Waals surface area contributed by atoms with Crippen molar-refractivity contribution in [3.05, 3.63) is 95.6 Å². The van der Waals surface area contributed by atoms with Gasteiger partial charge in [-0.25, -0.2) is 0 Å². The second kappa shape index (κ2) is 10.6. The molecule has 146 valence electrons. The van der Waals surface area contributed by atoms with Crippen molar-refractivity contribution in [2.24, 2.45) is 0 Å². The number of hydrogen-bond donors (Lipinski definition) is 0. The van der Waals surface area contributed by atoms with Gasteiger partial charge in [0.2, 0.25) is 0 Å². The van der Waals surface area contributed by atoms with Gasteiger partial charge in [0.15, 0.2) is 0 Å². The topological polar surface area (TPSA) is 18.5 Å². The molecular formula is C26H30O2. The molecule has 0 fully saturated rings. The molecule has 0 aliphatic heterocycles. The van der Waals surface area contributed by atoms with Crippen LogP contribution >= 0.6 is 0 Å². The SMILES string of the molecule is CCCCCCOc1ccc(C(c2ccccc2)c2ccc(OC)cc2)cc1. The average Bonchev–Trinajstić information content (AvgIpc) is 2.76. The second-order valence-corrected chi connectivity index (χ2v) is 7.10. The number of benzene rings is 3. The minimum Gasteiger partial charge on any atom is -0.497 e. The lowest BCUT2D eigenvalue weighted by atomic mass is 9.85. The molecule has 1 atom stereocenters. The molecule has 2 heteroatoms. The summed E-state index contributed by atoms with van der Waals surface area (Å²) in [6, 6.07) is 27.5. The molecule has 1 unspecified atom stereocenters. The Bertz CT molecular complexity index is 807. The van der Waals surface area contributed by atoms with E-state index >= 15 is 0 Å². The van der Waals surface area contributed by atoms with Gasteiger partial charge in [-0.3, -0.25) is 0 Å². The molecule has 28 heavy (non-hydrogen) atoms. The summed E-state index contributed by atoms with van der Waals surface area (Å²) < 4.78 is 11.2. The minimum atomic E-state index is 0.186. The fraction of sp³-hybridized carbons (Fsp3) is 0.308. The maximum atomic E-state index is 5.91. The highest BCUT2D eigenvalue weighted by atomic mass is 16.5. The number of methoxy groups -OCH3 is 1. The van der Waals surface area contributed by atoms with Crippen LogP contribution in [0.4, 0.5) is 0 Å². The van der Waals surface area contributed by atoms with E-state index in [1.807, 2.05) is 12.1 Å². The Hall–Kier alpha value is -2.74. The van der Waals surface area contributed by atoms with Crippen LogP contribution in [0, 0.1) is 0 Å². The molecule has 2 nitrogen and oxygen atoms in total. The molecular weight excluding hydrogens is 344 g/mol. The molecule has 0 aromatic heterocycles. The third-order valence-corrected chi connectivity index (χ3v) is 5.06. The average molecular weight is 375 g/mol. The Morgan fingerprint density at radius 1 is 0.643 bits per heavy atom. The van der Waals surface area contributed by atoms with Crippen LogP contribution in [0.3, 0.4) is 0 Å². The van der Waals surface area contributed by atoms with Gasteiger partial charge < -0.3 is 9.47 Å². The molecule has 3 rings (SSSR count). The van der Waals surface area contributed by atoms with E-state index in [4.69, 9.17) is 9.47 Å². The van der Waals surface area contributed by atoms with E-state index in [0.717, 1.165) is 24.5 Å². The molecule has 0 aliphatic rings. The maximum Gasteiger partial charge on any atom is 0.119 e. The van der Waals surface area contributed by atoms with Crippen molar-refractivity contribution >= 4 is 0 Å². The molecule has 0 bridgehead atoms. The molecule has 3 aromatic carbocycles. The van der Waals surface area contributed by atoms with Gasteiger partial charge in [0, 0.05) is 5.92 Å². The van der Waals surface area contributed by atoms with Crippen molar-refractivity contribution in [1.82, 2.24) is 0 Å². The zero-order valence-corrected chi connectivity index (χ0v) is 16.9. The van der Waals surface area contributed by atoms with Gasteiger partial charge in [-0.2, -0.15) is 0 Å². The van der Waals surface area contributed by atoms with Crippen molar-refractivity contribution < 1.29 is 9.47 Å². The fourth-order valence-corrected chi connectivity index (χ4v) is 3.49. The molecule has 0 aliphatic carbocycles. The highest BCUT2D eigenvalue weighted by Gasteiger charge is 2.16. The van der Waals surface area contributed by atoms with Crippen LogP contribution in [0.25, 0.3) is 0 Å². The molecule has 0 N–H and O–H groups in total. The van der Waals surface area contributed by atoms with Crippen molar-refractivity contribution in [2.75, 3.05) is 13.7 Å². The highest BCUT2D eigenvalue weighted by molar-refractivity contribution is 5.45. The Morgan fingerprint density at radius 3 is 1.79 bits per heavy atom.